The summed E-state index contributed by atoms with van der Waals surface area (Å²) in [5.41, 5.74) is 8.78. The van der Waals surface area contributed by atoms with Crippen LogP contribution < -0.4 is 5.73 Å². The first-order valence-electron chi connectivity index (χ1n) is 7.13. The van der Waals surface area contributed by atoms with Crippen molar-refractivity contribution in [1.29, 1.82) is 0 Å². The Hall–Kier alpha value is -1.91. The van der Waals surface area contributed by atoms with Crippen LogP contribution in [0.3, 0.4) is 0 Å². The van der Waals surface area contributed by atoms with Crippen molar-refractivity contribution >= 4 is 5.69 Å². The summed E-state index contributed by atoms with van der Waals surface area (Å²) in [7, 11) is 0. The highest BCUT2D eigenvalue weighted by molar-refractivity contribution is 5.63. The number of tetrazole rings is 1. The molecule has 0 aliphatic rings. The molecule has 0 bridgehead atoms. The smallest absolute Gasteiger partial charge is 0.182 e. The molecule has 2 aromatic rings. The first-order chi connectivity index (χ1) is 9.49. The van der Waals surface area contributed by atoms with Gasteiger partial charge >= 0.3 is 0 Å². The van der Waals surface area contributed by atoms with Gasteiger partial charge in [-0.2, -0.15) is 0 Å². The molecule has 108 valence electrons. The molecule has 0 aliphatic heterocycles. The van der Waals surface area contributed by atoms with Gasteiger partial charge in [-0.1, -0.05) is 26.0 Å². The van der Waals surface area contributed by atoms with Crippen molar-refractivity contribution in [2.45, 2.75) is 46.6 Å². The molecule has 1 unspecified atom stereocenters. The van der Waals surface area contributed by atoms with Crippen LogP contribution in [0.2, 0.25) is 0 Å². The van der Waals surface area contributed by atoms with Gasteiger partial charge in [-0.15, -0.1) is 5.10 Å². The van der Waals surface area contributed by atoms with Gasteiger partial charge in [-0.3, -0.25) is 0 Å². The zero-order valence-corrected chi connectivity index (χ0v) is 12.7. The normalized spacial score (nSPS) is 12.8. The third kappa shape index (κ3) is 3.15. The summed E-state index contributed by atoms with van der Waals surface area (Å²) in [6, 6.07) is 6.24. The average molecular weight is 273 g/mol. The lowest BCUT2D eigenvalue weighted by Gasteiger charge is -2.15. The number of nitrogens with two attached hydrogens (primary N) is 1. The quantitative estimate of drug-likeness (QED) is 0.849. The third-order valence-electron chi connectivity index (χ3n) is 3.61. The van der Waals surface area contributed by atoms with Crippen molar-refractivity contribution < 1.29 is 0 Å². The average Bonchev–Trinajstić information content (AvgIpc) is 2.88. The first-order valence-corrected chi connectivity index (χ1v) is 7.13. The summed E-state index contributed by atoms with van der Waals surface area (Å²) in [4.78, 5) is 0. The van der Waals surface area contributed by atoms with E-state index in [1.807, 2.05) is 29.8 Å². The molecular weight excluding hydrogens is 250 g/mol. The highest BCUT2D eigenvalue weighted by atomic mass is 15.5. The van der Waals surface area contributed by atoms with Gasteiger partial charge in [-0.25, -0.2) is 4.68 Å². The van der Waals surface area contributed by atoms with Crippen LogP contribution in [-0.4, -0.2) is 20.2 Å². The predicted molar refractivity (Wildman–Crippen MR) is 81.2 cm³/mol. The van der Waals surface area contributed by atoms with E-state index in [2.05, 4.69) is 36.3 Å². The number of hydrogen-bond acceptors (Lipinski definition) is 4. The number of benzene rings is 1. The van der Waals surface area contributed by atoms with E-state index in [-0.39, 0.29) is 6.04 Å². The Labute approximate surface area is 120 Å². The molecule has 0 fully saturated rings. The van der Waals surface area contributed by atoms with Gasteiger partial charge in [0.15, 0.2) is 5.82 Å². The first kappa shape index (κ1) is 14.5. The summed E-state index contributed by atoms with van der Waals surface area (Å²) in [5.74, 6) is 1.47. The van der Waals surface area contributed by atoms with Gasteiger partial charge in [0.1, 0.15) is 0 Å². The second-order valence-corrected chi connectivity index (χ2v) is 5.84. The lowest BCUT2D eigenvalue weighted by atomic mass is 10.0. The zero-order chi connectivity index (χ0) is 14.7. The van der Waals surface area contributed by atoms with Crippen molar-refractivity contribution in [1.82, 2.24) is 20.2 Å². The molecule has 0 aliphatic carbocycles. The fourth-order valence-electron chi connectivity index (χ4n) is 2.16. The lowest BCUT2D eigenvalue weighted by Crippen LogP contribution is -2.10. The van der Waals surface area contributed by atoms with Gasteiger partial charge in [0.2, 0.25) is 0 Å². The van der Waals surface area contributed by atoms with E-state index in [4.69, 9.17) is 5.73 Å². The summed E-state index contributed by atoms with van der Waals surface area (Å²) < 4.78 is 1.90. The molecule has 1 atom stereocenters. The Morgan fingerprint density at radius 1 is 1.20 bits per heavy atom. The molecule has 5 nitrogen and oxygen atoms in total. The van der Waals surface area contributed by atoms with Gasteiger partial charge in [-0.05, 0) is 54.7 Å². The Morgan fingerprint density at radius 2 is 1.95 bits per heavy atom. The third-order valence-corrected chi connectivity index (χ3v) is 3.61. The summed E-state index contributed by atoms with van der Waals surface area (Å²) in [6.45, 7) is 8.61. The van der Waals surface area contributed by atoms with E-state index in [0.717, 1.165) is 35.5 Å². The van der Waals surface area contributed by atoms with Crippen molar-refractivity contribution in [3.63, 3.8) is 0 Å². The summed E-state index contributed by atoms with van der Waals surface area (Å²) >= 11 is 0. The molecule has 0 spiro atoms. The van der Waals surface area contributed by atoms with Crippen LogP contribution in [0, 0.1) is 12.8 Å². The van der Waals surface area contributed by atoms with Crippen LogP contribution >= 0.6 is 0 Å². The Balaban J connectivity index is 2.25. The Kier molecular flexibility index (Phi) is 4.37. The highest BCUT2D eigenvalue weighted by Crippen LogP contribution is 2.25. The number of anilines is 1. The van der Waals surface area contributed by atoms with Crippen LogP contribution in [-0.2, 0) is 0 Å². The molecule has 2 N–H and O–H groups in total. The number of aryl methyl sites for hydroxylation is 1. The van der Waals surface area contributed by atoms with Crippen LogP contribution in [0.5, 0.6) is 0 Å². The second-order valence-electron chi connectivity index (χ2n) is 5.84. The van der Waals surface area contributed by atoms with Crippen molar-refractivity contribution in [2.75, 3.05) is 5.73 Å². The van der Waals surface area contributed by atoms with E-state index in [0.29, 0.717) is 5.92 Å². The monoisotopic (exact) mass is 273 g/mol. The molecule has 0 radical (unpaired) electrons. The minimum absolute atomic E-state index is 0.282. The minimum atomic E-state index is 0.282. The van der Waals surface area contributed by atoms with Crippen LogP contribution in [0.25, 0.3) is 11.4 Å². The van der Waals surface area contributed by atoms with E-state index < -0.39 is 0 Å². The number of nitrogens with zero attached hydrogens (tertiary/aromatic N) is 4. The fraction of sp³-hybridized carbons (Fsp3) is 0.533. The zero-order valence-electron chi connectivity index (χ0n) is 12.7. The maximum Gasteiger partial charge on any atom is 0.182 e. The Bertz CT molecular complexity index is 573. The fourth-order valence-corrected chi connectivity index (χ4v) is 2.16. The molecule has 0 amide bonds. The number of aromatic nitrogens is 4. The van der Waals surface area contributed by atoms with E-state index >= 15 is 0 Å². The van der Waals surface area contributed by atoms with Crippen molar-refractivity contribution in [3.05, 3.63) is 23.8 Å². The van der Waals surface area contributed by atoms with Gasteiger partial charge in [0.25, 0.3) is 0 Å². The van der Waals surface area contributed by atoms with Crippen LogP contribution in [0.15, 0.2) is 18.2 Å². The number of nitrogen functional groups attached to an aromatic ring is 1. The molecular formula is C15H23N5. The number of hydrogen-bond donors (Lipinski definition) is 1. The molecule has 1 aromatic heterocycles. The number of rotatable bonds is 5. The van der Waals surface area contributed by atoms with Gasteiger partial charge in [0, 0.05) is 11.3 Å². The molecule has 1 aromatic carbocycles. The van der Waals surface area contributed by atoms with E-state index in [1.54, 1.807) is 0 Å². The molecule has 0 saturated carbocycles. The molecule has 1 heterocycles. The van der Waals surface area contributed by atoms with Crippen molar-refractivity contribution in [3.8, 4) is 11.4 Å². The molecule has 2 rings (SSSR count). The summed E-state index contributed by atoms with van der Waals surface area (Å²) in [5, 5.41) is 12.1. The SMILES string of the molecule is Cc1ccc(-c2nnnn2C(C)CCC(C)C)cc1N. The minimum Gasteiger partial charge on any atom is -0.398 e. The molecule has 5 heteroatoms. The molecule has 0 saturated heterocycles. The summed E-state index contributed by atoms with van der Waals surface area (Å²) in [6.07, 6.45) is 2.23. The van der Waals surface area contributed by atoms with Crippen molar-refractivity contribution in [2.24, 2.45) is 5.92 Å². The molecule has 20 heavy (non-hydrogen) atoms. The second kappa shape index (κ2) is 6.03. The van der Waals surface area contributed by atoms with Crippen LogP contribution in [0.4, 0.5) is 5.69 Å². The van der Waals surface area contributed by atoms with E-state index in [9.17, 15) is 0 Å². The predicted octanol–water partition coefficient (Wildman–Crippen LogP) is 3.23. The standard InChI is InChI=1S/C15H23N5/c1-10(2)5-7-12(4)20-15(17-18-19-20)13-8-6-11(3)14(16)9-13/h6,8-10,12H,5,7,16H2,1-4H3. The topological polar surface area (TPSA) is 69.6 Å². The lowest BCUT2D eigenvalue weighted by molar-refractivity contribution is 0.406. The maximum absolute atomic E-state index is 5.97. The van der Waals surface area contributed by atoms with Gasteiger partial charge in [0.05, 0.1) is 6.04 Å². The largest absolute Gasteiger partial charge is 0.398 e. The van der Waals surface area contributed by atoms with Crippen LogP contribution in [0.1, 0.15) is 45.2 Å². The van der Waals surface area contributed by atoms with E-state index in [1.165, 1.54) is 0 Å². The maximum atomic E-state index is 5.97. The van der Waals surface area contributed by atoms with Gasteiger partial charge < -0.3 is 5.73 Å². The highest BCUT2D eigenvalue weighted by Gasteiger charge is 2.15. The Morgan fingerprint density at radius 3 is 2.60 bits per heavy atom.